The van der Waals surface area contributed by atoms with E-state index in [-0.39, 0.29) is 0 Å². The Balaban J connectivity index is 1.38. The number of rotatable bonds is 4. The molecule has 0 unspecified atom stereocenters. The van der Waals surface area contributed by atoms with Crippen LogP contribution in [0, 0.1) is 0 Å². The van der Waals surface area contributed by atoms with Gasteiger partial charge in [-0.25, -0.2) is 0 Å². The lowest BCUT2D eigenvalue weighted by atomic mass is 10.0. The van der Waals surface area contributed by atoms with E-state index in [9.17, 15) is 0 Å². The van der Waals surface area contributed by atoms with Gasteiger partial charge < -0.3 is 0 Å². The van der Waals surface area contributed by atoms with Crippen molar-refractivity contribution in [1.82, 2.24) is 9.88 Å². The molecule has 2 heterocycles. The van der Waals surface area contributed by atoms with Crippen LogP contribution < -0.4 is 0 Å². The van der Waals surface area contributed by atoms with Gasteiger partial charge in [-0.2, -0.15) is 0 Å². The van der Waals surface area contributed by atoms with Crippen LogP contribution in [0.2, 0.25) is 5.02 Å². The zero-order valence-corrected chi connectivity index (χ0v) is 17.1. The summed E-state index contributed by atoms with van der Waals surface area (Å²) in [6.07, 6.45) is 4.60. The van der Waals surface area contributed by atoms with Crippen molar-refractivity contribution < 1.29 is 0 Å². The molecule has 0 N–H and O–H groups in total. The Morgan fingerprint density at radius 3 is 2.17 bits per heavy atom. The van der Waals surface area contributed by atoms with E-state index in [2.05, 4.69) is 53.4 Å². The summed E-state index contributed by atoms with van der Waals surface area (Å²) in [4.78, 5) is 7.24. The first-order chi connectivity index (χ1) is 14.2. The Kier molecular flexibility index (Phi) is 5.05. The fraction of sp³-hybridized carbons (Fsp3) is 0.192. The van der Waals surface area contributed by atoms with Crippen molar-refractivity contribution in [2.45, 2.75) is 19.4 Å². The van der Waals surface area contributed by atoms with Crippen molar-refractivity contribution in [2.24, 2.45) is 0 Å². The Bertz CT molecular complexity index is 1130. The van der Waals surface area contributed by atoms with Gasteiger partial charge in [-0.3, -0.25) is 9.88 Å². The minimum atomic E-state index is 0.748. The van der Waals surface area contributed by atoms with Gasteiger partial charge in [0.05, 0.1) is 5.69 Å². The topological polar surface area (TPSA) is 16.1 Å². The summed E-state index contributed by atoms with van der Waals surface area (Å²) in [5.41, 5.74) is 5.76. The zero-order chi connectivity index (χ0) is 19.6. The lowest BCUT2D eigenvalue weighted by Crippen LogP contribution is -2.18. The van der Waals surface area contributed by atoms with Crippen molar-refractivity contribution in [2.75, 3.05) is 13.1 Å². The van der Waals surface area contributed by atoms with Crippen LogP contribution in [0.15, 0.2) is 79.0 Å². The van der Waals surface area contributed by atoms with E-state index in [1.165, 1.54) is 42.3 Å². The third-order valence-electron chi connectivity index (χ3n) is 5.75. The van der Waals surface area contributed by atoms with E-state index < -0.39 is 0 Å². The Labute approximate surface area is 176 Å². The number of aromatic nitrogens is 1. The summed E-state index contributed by atoms with van der Waals surface area (Å²) in [7, 11) is 0. The molecule has 1 saturated heterocycles. The molecule has 3 heteroatoms. The molecule has 1 aliphatic heterocycles. The first-order valence-corrected chi connectivity index (χ1v) is 10.6. The van der Waals surface area contributed by atoms with E-state index in [0.29, 0.717) is 0 Å². The minimum Gasteiger partial charge on any atom is -0.299 e. The molecule has 0 spiro atoms. The number of nitrogens with zero attached hydrogens (tertiary/aromatic N) is 2. The lowest BCUT2D eigenvalue weighted by molar-refractivity contribution is 0.331. The molecule has 0 atom stereocenters. The number of pyridine rings is 1. The van der Waals surface area contributed by atoms with E-state index in [1.807, 2.05) is 30.5 Å². The number of hydrogen-bond acceptors (Lipinski definition) is 2. The molecule has 0 radical (unpaired) electrons. The molecule has 144 valence electrons. The zero-order valence-electron chi connectivity index (χ0n) is 16.3. The van der Waals surface area contributed by atoms with Gasteiger partial charge in [0.2, 0.25) is 0 Å². The van der Waals surface area contributed by atoms with Crippen LogP contribution in [0.5, 0.6) is 0 Å². The van der Waals surface area contributed by atoms with E-state index in [1.54, 1.807) is 0 Å². The van der Waals surface area contributed by atoms with Gasteiger partial charge in [0, 0.05) is 28.9 Å². The van der Waals surface area contributed by atoms with Gasteiger partial charge in [-0.15, -0.1) is 0 Å². The molecule has 0 amide bonds. The van der Waals surface area contributed by atoms with Crippen LogP contribution >= 0.6 is 11.6 Å². The highest BCUT2D eigenvalue weighted by molar-refractivity contribution is 6.30. The third-order valence-corrected chi connectivity index (χ3v) is 6.00. The van der Waals surface area contributed by atoms with Gasteiger partial charge >= 0.3 is 0 Å². The average Bonchev–Trinajstić information content (AvgIpc) is 3.27. The second-order valence-corrected chi connectivity index (χ2v) is 8.25. The molecule has 1 aliphatic rings. The van der Waals surface area contributed by atoms with Gasteiger partial charge in [0.1, 0.15) is 0 Å². The van der Waals surface area contributed by atoms with Crippen LogP contribution in [0.1, 0.15) is 18.4 Å². The van der Waals surface area contributed by atoms with Crippen molar-refractivity contribution in [3.63, 3.8) is 0 Å². The molecule has 0 aliphatic carbocycles. The normalized spacial score (nSPS) is 14.5. The largest absolute Gasteiger partial charge is 0.299 e. The quantitative estimate of drug-likeness (QED) is 0.375. The number of hydrogen-bond donors (Lipinski definition) is 0. The van der Waals surface area contributed by atoms with E-state index >= 15 is 0 Å². The van der Waals surface area contributed by atoms with Crippen LogP contribution in [0.25, 0.3) is 33.2 Å². The highest BCUT2D eigenvalue weighted by Crippen LogP contribution is 2.27. The summed E-state index contributed by atoms with van der Waals surface area (Å²) in [5, 5.41) is 3.30. The summed E-state index contributed by atoms with van der Waals surface area (Å²) in [6, 6.07) is 25.5. The van der Waals surface area contributed by atoms with Gasteiger partial charge in [-0.1, -0.05) is 54.1 Å². The number of likely N-dealkylation sites (tertiary alicyclic amines) is 1. The minimum absolute atomic E-state index is 0.748. The Morgan fingerprint density at radius 2 is 1.41 bits per heavy atom. The second-order valence-electron chi connectivity index (χ2n) is 7.82. The van der Waals surface area contributed by atoms with Gasteiger partial charge in [-0.05, 0) is 78.2 Å². The fourth-order valence-corrected chi connectivity index (χ4v) is 4.26. The summed E-state index contributed by atoms with van der Waals surface area (Å²) >= 11 is 5.99. The molecule has 4 aromatic rings. The van der Waals surface area contributed by atoms with Crippen LogP contribution in [-0.4, -0.2) is 23.0 Å². The van der Waals surface area contributed by atoms with Gasteiger partial charge in [0.15, 0.2) is 0 Å². The SMILES string of the molecule is Clc1ccc(-c2ccc(-c3ccc4cc(CN5CCCC5)ccc4c3)nc2)cc1. The highest BCUT2D eigenvalue weighted by atomic mass is 35.5. The molecule has 1 fully saturated rings. The number of halogens is 1. The van der Waals surface area contributed by atoms with Crippen molar-refractivity contribution in [1.29, 1.82) is 0 Å². The van der Waals surface area contributed by atoms with E-state index in [0.717, 1.165) is 34.0 Å². The predicted molar refractivity (Wildman–Crippen MR) is 122 cm³/mol. The van der Waals surface area contributed by atoms with Crippen LogP contribution in [-0.2, 0) is 6.54 Å². The smallest absolute Gasteiger partial charge is 0.0702 e. The summed E-state index contributed by atoms with van der Waals surface area (Å²) < 4.78 is 0. The monoisotopic (exact) mass is 398 g/mol. The number of benzene rings is 3. The molecule has 2 nitrogen and oxygen atoms in total. The third kappa shape index (κ3) is 4.05. The second kappa shape index (κ2) is 7.98. The van der Waals surface area contributed by atoms with Crippen molar-refractivity contribution >= 4 is 22.4 Å². The first-order valence-electron chi connectivity index (χ1n) is 10.2. The molecular weight excluding hydrogens is 376 g/mol. The molecular formula is C26H23ClN2. The lowest BCUT2D eigenvalue weighted by Gasteiger charge is -2.15. The predicted octanol–water partition coefficient (Wildman–Crippen LogP) is 6.82. The molecule has 3 aromatic carbocycles. The van der Waals surface area contributed by atoms with Crippen molar-refractivity contribution in [3.05, 3.63) is 89.6 Å². The maximum absolute atomic E-state index is 5.99. The average molecular weight is 399 g/mol. The van der Waals surface area contributed by atoms with Crippen LogP contribution in [0.4, 0.5) is 0 Å². The molecule has 0 saturated carbocycles. The standard InChI is InChI=1S/C26H23ClN2/c27-25-10-7-20(8-11-25)24-9-12-26(28-17-24)23-6-5-21-15-19(3-4-22(21)16-23)18-29-13-1-2-14-29/h3-12,15-17H,1-2,13-14,18H2. The molecule has 29 heavy (non-hydrogen) atoms. The maximum Gasteiger partial charge on any atom is 0.0702 e. The summed E-state index contributed by atoms with van der Waals surface area (Å²) in [6.45, 7) is 3.52. The molecule has 5 rings (SSSR count). The van der Waals surface area contributed by atoms with Crippen LogP contribution in [0.3, 0.4) is 0 Å². The summed E-state index contributed by atoms with van der Waals surface area (Å²) in [5.74, 6) is 0. The molecule has 1 aromatic heterocycles. The molecule has 0 bridgehead atoms. The Morgan fingerprint density at radius 1 is 0.724 bits per heavy atom. The number of fused-ring (bicyclic) bond motifs is 1. The first kappa shape index (κ1) is 18.4. The van der Waals surface area contributed by atoms with E-state index in [4.69, 9.17) is 16.6 Å². The van der Waals surface area contributed by atoms with Crippen molar-refractivity contribution in [3.8, 4) is 22.4 Å². The Hall–Kier alpha value is -2.68. The maximum atomic E-state index is 5.99. The highest BCUT2D eigenvalue weighted by Gasteiger charge is 2.12. The van der Waals surface area contributed by atoms with Gasteiger partial charge in [0.25, 0.3) is 0 Å². The fourth-order valence-electron chi connectivity index (χ4n) is 4.13.